The Morgan fingerprint density at radius 2 is 1.79 bits per heavy atom. The molecule has 0 atom stereocenters. The number of H-pyrrole nitrogens is 1. The van der Waals surface area contributed by atoms with Crippen LogP contribution in [0.5, 0.6) is 0 Å². The van der Waals surface area contributed by atoms with Gasteiger partial charge in [-0.3, -0.25) is 19.4 Å². The van der Waals surface area contributed by atoms with Crippen molar-refractivity contribution in [2.75, 3.05) is 30.7 Å². The first kappa shape index (κ1) is 23.6. The van der Waals surface area contributed by atoms with E-state index in [2.05, 4.69) is 35.9 Å². The molecule has 2 amide bonds. The van der Waals surface area contributed by atoms with Gasteiger partial charge in [-0.25, -0.2) is 9.97 Å². The molecule has 12 heteroatoms. The summed E-state index contributed by atoms with van der Waals surface area (Å²) in [5.41, 5.74) is 12.6. The zero-order valence-electron chi connectivity index (χ0n) is 18.1. The Kier molecular flexibility index (Phi) is 8.24. The van der Waals surface area contributed by atoms with Crippen LogP contribution in [0.15, 0.2) is 35.3 Å². The van der Waals surface area contributed by atoms with E-state index in [9.17, 15) is 14.4 Å². The number of anilines is 2. The third-order valence-electron chi connectivity index (χ3n) is 4.68. The maximum atomic E-state index is 12.3. The number of rotatable bonds is 11. The number of nitrogens with zero attached hydrogens (tertiary/aromatic N) is 3. The Morgan fingerprint density at radius 1 is 1.03 bits per heavy atom. The summed E-state index contributed by atoms with van der Waals surface area (Å²) in [6, 6.07) is 6.92. The van der Waals surface area contributed by atoms with Crippen LogP contribution < -0.4 is 33.0 Å². The summed E-state index contributed by atoms with van der Waals surface area (Å²) in [4.78, 5) is 50.5. The molecule has 2 aromatic heterocycles. The van der Waals surface area contributed by atoms with E-state index in [1.807, 2.05) is 0 Å². The number of aromatic nitrogens is 4. The second-order valence-electron chi connectivity index (χ2n) is 7.27. The molecule has 0 radical (unpaired) electrons. The second-order valence-corrected chi connectivity index (χ2v) is 7.27. The minimum Gasteiger partial charge on any atom is -0.379 e. The molecule has 0 aliphatic carbocycles. The topological polar surface area (TPSA) is 194 Å². The molecule has 0 bridgehead atoms. The van der Waals surface area contributed by atoms with Gasteiger partial charge < -0.3 is 27.4 Å². The molecule has 0 spiro atoms. The minimum atomic E-state index is -0.450. The Morgan fingerprint density at radius 3 is 2.55 bits per heavy atom. The number of hydrogen-bond donors (Lipinski definition) is 6. The van der Waals surface area contributed by atoms with Crippen LogP contribution in [-0.2, 0) is 11.3 Å². The predicted molar refractivity (Wildman–Crippen MR) is 124 cm³/mol. The Labute approximate surface area is 189 Å². The number of amides is 2. The maximum Gasteiger partial charge on any atom is 0.280 e. The van der Waals surface area contributed by atoms with Crippen LogP contribution >= 0.6 is 0 Å². The highest BCUT2D eigenvalue weighted by Gasteiger charge is 2.08. The lowest BCUT2D eigenvalue weighted by atomic mass is 10.2. The lowest BCUT2D eigenvalue weighted by Crippen LogP contribution is -2.28. The number of nitrogens with one attached hydrogen (secondary N) is 4. The smallest absolute Gasteiger partial charge is 0.280 e. The second kappa shape index (κ2) is 11.5. The van der Waals surface area contributed by atoms with E-state index in [0.717, 1.165) is 12.1 Å². The molecule has 1 aromatic carbocycles. The number of aromatic amines is 1. The third-order valence-corrected chi connectivity index (χ3v) is 4.68. The lowest BCUT2D eigenvalue weighted by molar-refractivity contribution is -0.121. The highest BCUT2D eigenvalue weighted by molar-refractivity contribution is 5.94. The average Bonchev–Trinajstić information content (AvgIpc) is 2.81. The van der Waals surface area contributed by atoms with Gasteiger partial charge in [-0.2, -0.15) is 4.98 Å². The minimum absolute atomic E-state index is 0.0133. The molecule has 12 nitrogen and oxygen atoms in total. The number of nitrogens with two attached hydrogens (primary N) is 2. The van der Waals surface area contributed by atoms with Gasteiger partial charge in [0.05, 0.1) is 18.4 Å². The molecular formula is C21H27N9O3. The van der Waals surface area contributed by atoms with Gasteiger partial charge in [0.25, 0.3) is 11.5 Å². The van der Waals surface area contributed by atoms with Gasteiger partial charge in [0.15, 0.2) is 11.2 Å². The molecule has 174 valence electrons. The van der Waals surface area contributed by atoms with Crippen molar-refractivity contribution in [2.45, 2.75) is 25.8 Å². The van der Waals surface area contributed by atoms with Crippen molar-refractivity contribution in [3.8, 4) is 0 Å². The Balaban J connectivity index is 1.45. The summed E-state index contributed by atoms with van der Waals surface area (Å²) in [5.74, 6) is -0.272. The Bertz CT molecular complexity index is 1160. The van der Waals surface area contributed by atoms with E-state index in [1.54, 1.807) is 24.3 Å². The van der Waals surface area contributed by atoms with Gasteiger partial charge in [0, 0.05) is 30.8 Å². The molecule has 0 fully saturated rings. The number of carbonyl (C=O) groups excluding carboxylic acids is 2. The molecule has 0 unspecified atom stereocenters. The van der Waals surface area contributed by atoms with Gasteiger partial charge in [0.1, 0.15) is 0 Å². The van der Waals surface area contributed by atoms with Crippen molar-refractivity contribution in [1.82, 2.24) is 30.6 Å². The zero-order valence-corrected chi connectivity index (χ0v) is 18.1. The molecule has 0 saturated carbocycles. The third kappa shape index (κ3) is 6.97. The van der Waals surface area contributed by atoms with E-state index in [-0.39, 0.29) is 28.9 Å². The molecule has 2 heterocycles. The molecule has 8 N–H and O–H groups in total. The summed E-state index contributed by atoms with van der Waals surface area (Å²) in [7, 11) is 0. The monoisotopic (exact) mass is 453 g/mol. The SMILES string of the molecule is NCCCNC(=O)CCCNC(=O)c1ccc(NCc2cnc3nc(N)[nH]c(=O)c3n2)cc1. The van der Waals surface area contributed by atoms with E-state index in [1.165, 1.54) is 6.20 Å². The largest absolute Gasteiger partial charge is 0.379 e. The summed E-state index contributed by atoms with van der Waals surface area (Å²) in [6.45, 7) is 1.84. The first-order chi connectivity index (χ1) is 16.0. The van der Waals surface area contributed by atoms with Crippen molar-refractivity contribution in [1.29, 1.82) is 0 Å². The molecule has 3 rings (SSSR count). The van der Waals surface area contributed by atoms with Gasteiger partial charge in [-0.1, -0.05) is 0 Å². The average molecular weight is 454 g/mol. The van der Waals surface area contributed by atoms with Crippen LogP contribution in [0.4, 0.5) is 11.6 Å². The molecule has 33 heavy (non-hydrogen) atoms. The highest BCUT2D eigenvalue weighted by atomic mass is 16.2. The van der Waals surface area contributed by atoms with E-state index >= 15 is 0 Å². The summed E-state index contributed by atoms with van der Waals surface area (Å²) in [6.07, 6.45) is 3.16. The van der Waals surface area contributed by atoms with Gasteiger partial charge in [-0.15, -0.1) is 0 Å². The van der Waals surface area contributed by atoms with Gasteiger partial charge in [0.2, 0.25) is 11.9 Å². The quantitative estimate of drug-likeness (QED) is 0.215. The first-order valence-electron chi connectivity index (χ1n) is 10.6. The highest BCUT2D eigenvalue weighted by Crippen LogP contribution is 2.11. The maximum absolute atomic E-state index is 12.3. The number of carbonyl (C=O) groups is 2. The molecule has 0 aliphatic heterocycles. The molecule has 0 saturated heterocycles. The fraction of sp³-hybridized carbons (Fsp3) is 0.333. The van der Waals surface area contributed by atoms with Crippen LogP contribution in [0.25, 0.3) is 11.2 Å². The number of hydrogen-bond acceptors (Lipinski definition) is 9. The number of nitrogen functional groups attached to an aromatic ring is 1. The van der Waals surface area contributed by atoms with Gasteiger partial charge in [-0.05, 0) is 43.7 Å². The summed E-state index contributed by atoms with van der Waals surface area (Å²) >= 11 is 0. The van der Waals surface area contributed by atoms with Gasteiger partial charge >= 0.3 is 0 Å². The number of fused-ring (bicyclic) bond motifs is 1. The summed E-state index contributed by atoms with van der Waals surface area (Å²) in [5, 5.41) is 8.74. The lowest BCUT2D eigenvalue weighted by Gasteiger charge is -2.09. The van der Waals surface area contributed by atoms with E-state index in [0.29, 0.717) is 50.3 Å². The molecule has 0 aliphatic rings. The Hall–Kier alpha value is -4.06. The van der Waals surface area contributed by atoms with E-state index < -0.39 is 5.56 Å². The van der Waals surface area contributed by atoms with Crippen LogP contribution in [0.1, 0.15) is 35.3 Å². The van der Waals surface area contributed by atoms with Crippen LogP contribution in [-0.4, -0.2) is 51.4 Å². The van der Waals surface area contributed by atoms with Crippen molar-refractivity contribution in [3.63, 3.8) is 0 Å². The van der Waals surface area contributed by atoms with Crippen LogP contribution in [0.2, 0.25) is 0 Å². The normalized spacial score (nSPS) is 10.7. The first-order valence-corrected chi connectivity index (χ1v) is 10.6. The standard InChI is InChI=1S/C21H27N9O3/c22-8-2-10-24-16(31)3-1-9-25-19(32)13-4-6-14(7-5-13)26-11-15-12-27-18-17(28-15)20(33)30-21(23)29-18/h4-7,12,26H,1-3,8-11,22H2,(H,24,31)(H,25,32)(H3,23,27,29,30,33). The summed E-state index contributed by atoms with van der Waals surface area (Å²) < 4.78 is 0. The zero-order chi connectivity index (χ0) is 23.6. The van der Waals surface area contributed by atoms with Crippen molar-refractivity contribution >= 4 is 34.6 Å². The van der Waals surface area contributed by atoms with Crippen molar-refractivity contribution in [2.24, 2.45) is 5.73 Å². The van der Waals surface area contributed by atoms with E-state index in [4.69, 9.17) is 11.5 Å². The van der Waals surface area contributed by atoms with Crippen molar-refractivity contribution in [3.05, 3.63) is 52.1 Å². The van der Waals surface area contributed by atoms with Crippen LogP contribution in [0.3, 0.4) is 0 Å². The molecular weight excluding hydrogens is 426 g/mol. The fourth-order valence-corrected chi connectivity index (χ4v) is 2.96. The van der Waals surface area contributed by atoms with Crippen LogP contribution in [0, 0.1) is 0 Å². The van der Waals surface area contributed by atoms with Crippen molar-refractivity contribution < 1.29 is 9.59 Å². The number of benzene rings is 1. The fourth-order valence-electron chi connectivity index (χ4n) is 2.96. The molecule has 3 aromatic rings. The predicted octanol–water partition coefficient (Wildman–Crippen LogP) is -0.118.